The summed E-state index contributed by atoms with van der Waals surface area (Å²) >= 11 is 5.05. The first-order valence-electron chi connectivity index (χ1n) is 5.94. The summed E-state index contributed by atoms with van der Waals surface area (Å²) in [4.78, 5) is 14.1. The van der Waals surface area contributed by atoms with Crippen LogP contribution in [0.1, 0.15) is 19.0 Å². The molecule has 0 aromatic carbocycles. The van der Waals surface area contributed by atoms with Crippen LogP contribution < -0.4 is 5.32 Å². The molecule has 2 rings (SSSR count). The summed E-state index contributed by atoms with van der Waals surface area (Å²) in [6, 6.07) is 0. The van der Waals surface area contributed by atoms with Crippen molar-refractivity contribution in [3.05, 3.63) is 21.9 Å². The van der Waals surface area contributed by atoms with Crippen molar-refractivity contribution >= 4 is 33.1 Å². The number of nitrogens with zero attached hydrogens (tertiary/aromatic N) is 3. The molecule has 7 heteroatoms. The molecule has 0 amide bonds. The quantitative estimate of drug-likeness (QED) is 0.872. The molecule has 19 heavy (non-hydrogen) atoms. The second-order valence-corrected chi connectivity index (χ2v) is 5.56. The highest BCUT2D eigenvalue weighted by atomic mass is 79.9. The zero-order valence-corrected chi connectivity index (χ0v) is 13.2. The van der Waals surface area contributed by atoms with E-state index in [1.165, 1.54) is 11.3 Å². The van der Waals surface area contributed by atoms with Crippen LogP contribution in [0.3, 0.4) is 0 Å². The normalized spacial score (nSPS) is 10.7. The highest BCUT2D eigenvalue weighted by Gasteiger charge is 2.14. The van der Waals surface area contributed by atoms with E-state index in [-0.39, 0.29) is 0 Å². The van der Waals surface area contributed by atoms with Gasteiger partial charge in [-0.3, -0.25) is 4.98 Å². The molecule has 0 atom stereocenters. The van der Waals surface area contributed by atoms with E-state index in [1.54, 1.807) is 18.8 Å². The van der Waals surface area contributed by atoms with Gasteiger partial charge in [0.05, 0.1) is 27.2 Å². The van der Waals surface area contributed by atoms with Crippen LogP contribution in [-0.2, 0) is 11.3 Å². The van der Waals surface area contributed by atoms with E-state index in [9.17, 15) is 0 Å². The number of rotatable bonds is 6. The van der Waals surface area contributed by atoms with Gasteiger partial charge in [0.25, 0.3) is 0 Å². The van der Waals surface area contributed by atoms with Crippen molar-refractivity contribution in [3.63, 3.8) is 0 Å². The van der Waals surface area contributed by atoms with Crippen LogP contribution in [0.5, 0.6) is 0 Å². The molecule has 0 unspecified atom stereocenters. The number of hydrogen-bond donors (Lipinski definition) is 1. The van der Waals surface area contributed by atoms with E-state index in [2.05, 4.69) is 43.1 Å². The molecule has 0 radical (unpaired) electrons. The predicted molar refractivity (Wildman–Crippen MR) is 80.3 cm³/mol. The van der Waals surface area contributed by atoms with Gasteiger partial charge in [0.1, 0.15) is 5.82 Å². The van der Waals surface area contributed by atoms with Gasteiger partial charge in [-0.2, -0.15) is 0 Å². The second-order valence-electron chi connectivity index (χ2n) is 3.88. The van der Waals surface area contributed by atoms with Crippen LogP contribution in [0.15, 0.2) is 16.2 Å². The molecule has 102 valence electrons. The van der Waals surface area contributed by atoms with Gasteiger partial charge >= 0.3 is 0 Å². The minimum absolute atomic E-state index is 0.440. The Hall–Kier alpha value is -1.05. The summed E-state index contributed by atoms with van der Waals surface area (Å²) in [6.07, 6.45) is 2.81. The molecule has 0 aliphatic rings. The summed E-state index contributed by atoms with van der Waals surface area (Å²) in [5, 5.41) is 3.29. The van der Waals surface area contributed by atoms with E-state index in [0.29, 0.717) is 12.4 Å². The van der Waals surface area contributed by atoms with Gasteiger partial charge in [-0.15, -0.1) is 11.3 Å². The van der Waals surface area contributed by atoms with Gasteiger partial charge in [-0.1, -0.05) is 6.92 Å². The fourth-order valence-corrected chi connectivity index (χ4v) is 2.51. The number of aromatic nitrogens is 3. The average Bonchev–Trinajstić information content (AvgIpc) is 2.94. The van der Waals surface area contributed by atoms with Gasteiger partial charge in [0.2, 0.25) is 0 Å². The number of halogens is 1. The molecule has 0 saturated heterocycles. The number of hydrogen-bond acceptors (Lipinski definition) is 6. The van der Waals surface area contributed by atoms with Crippen molar-refractivity contribution in [3.8, 4) is 10.7 Å². The molecule has 0 saturated carbocycles. The van der Waals surface area contributed by atoms with E-state index in [4.69, 9.17) is 4.74 Å². The molecule has 2 heterocycles. The molecule has 0 fully saturated rings. The Morgan fingerprint density at radius 1 is 1.42 bits per heavy atom. The molecule has 2 aromatic rings. The highest BCUT2D eigenvalue weighted by molar-refractivity contribution is 9.10. The maximum Gasteiger partial charge on any atom is 0.173 e. The Bertz CT molecular complexity index is 533. The summed E-state index contributed by atoms with van der Waals surface area (Å²) in [5.41, 5.74) is 2.61. The Labute approximate surface area is 124 Å². The average molecular weight is 343 g/mol. The second kappa shape index (κ2) is 6.93. The minimum atomic E-state index is 0.440. The predicted octanol–water partition coefficient (Wildman–Crippen LogP) is 3.33. The number of nitrogens with one attached hydrogen (secondary N) is 1. The van der Waals surface area contributed by atoms with Crippen LogP contribution >= 0.6 is 27.3 Å². The molecule has 2 aromatic heterocycles. The Morgan fingerprint density at radius 2 is 2.26 bits per heavy atom. The van der Waals surface area contributed by atoms with Crippen molar-refractivity contribution in [2.24, 2.45) is 0 Å². The molecular weight excluding hydrogens is 328 g/mol. The highest BCUT2D eigenvalue weighted by Crippen LogP contribution is 2.29. The lowest BCUT2D eigenvalue weighted by molar-refractivity contribution is 0.181. The lowest BCUT2D eigenvalue weighted by Gasteiger charge is -2.11. The largest absolute Gasteiger partial charge is 0.378 e. The number of ether oxygens (including phenoxy) is 1. The van der Waals surface area contributed by atoms with Crippen molar-refractivity contribution in [2.45, 2.75) is 20.0 Å². The summed E-state index contributed by atoms with van der Waals surface area (Å²) in [7, 11) is 1.65. The van der Waals surface area contributed by atoms with Crippen molar-refractivity contribution < 1.29 is 4.74 Å². The van der Waals surface area contributed by atoms with Crippen LogP contribution in [0.2, 0.25) is 0 Å². The Balaban J connectivity index is 2.41. The zero-order valence-electron chi connectivity index (χ0n) is 10.8. The molecule has 5 nitrogen and oxygen atoms in total. The molecule has 0 aliphatic carbocycles. The number of thiazole rings is 1. The monoisotopic (exact) mass is 342 g/mol. The van der Waals surface area contributed by atoms with E-state index in [0.717, 1.165) is 33.8 Å². The van der Waals surface area contributed by atoms with Gasteiger partial charge in [0, 0.05) is 19.9 Å². The maximum atomic E-state index is 5.18. The Kier molecular flexibility index (Phi) is 5.24. The summed E-state index contributed by atoms with van der Waals surface area (Å²) in [6.45, 7) is 3.42. The van der Waals surface area contributed by atoms with Crippen LogP contribution in [-0.4, -0.2) is 28.6 Å². The van der Waals surface area contributed by atoms with Gasteiger partial charge < -0.3 is 10.1 Å². The van der Waals surface area contributed by atoms with Crippen LogP contribution in [0.4, 0.5) is 5.82 Å². The van der Waals surface area contributed by atoms with Gasteiger partial charge in [-0.05, 0) is 22.4 Å². The smallest absolute Gasteiger partial charge is 0.173 e. The fourth-order valence-electron chi connectivity index (χ4n) is 1.52. The van der Waals surface area contributed by atoms with E-state index < -0.39 is 0 Å². The third kappa shape index (κ3) is 3.49. The SMILES string of the molecule is CCCNc1nc(-c2cncs2)nc(COC)c1Br. The van der Waals surface area contributed by atoms with Crippen LogP contribution in [0, 0.1) is 0 Å². The van der Waals surface area contributed by atoms with Crippen molar-refractivity contribution in [2.75, 3.05) is 19.0 Å². The first-order valence-corrected chi connectivity index (χ1v) is 7.61. The standard InChI is InChI=1S/C12H15BrN4OS/c1-3-4-15-12-10(13)8(6-18-2)16-11(17-12)9-5-14-7-19-9/h5,7H,3-4,6H2,1-2H3,(H,15,16,17). The fraction of sp³-hybridized carbons (Fsp3) is 0.417. The van der Waals surface area contributed by atoms with E-state index >= 15 is 0 Å². The first kappa shape index (κ1) is 14.4. The first-order chi connectivity index (χ1) is 9.26. The van der Waals surface area contributed by atoms with E-state index in [1.807, 2.05) is 0 Å². The third-order valence-corrected chi connectivity index (χ3v) is 4.00. The third-order valence-electron chi connectivity index (χ3n) is 2.40. The Morgan fingerprint density at radius 3 is 2.89 bits per heavy atom. The molecule has 0 aliphatic heterocycles. The number of methoxy groups -OCH3 is 1. The number of anilines is 1. The molecular formula is C12H15BrN4OS. The lowest BCUT2D eigenvalue weighted by atomic mass is 10.3. The summed E-state index contributed by atoms with van der Waals surface area (Å²) in [5.74, 6) is 1.48. The molecule has 0 spiro atoms. The van der Waals surface area contributed by atoms with Crippen LogP contribution in [0.25, 0.3) is 10.7 Å². The lowest BCUT2D eigenvalue weighted by Crippen LogP contribution is -2.07. The van der Waals surface area contributed by atoms with Gasteiger partial charge in [0.15, 0.2) is 5.82 Å². The maximum absolute atomic E-state index is 5.18. The van der Waals surface area contributed by atoms with Crippen molar-refractivity contribution in [1.82, 2.24) is 15.0 Å². The van der Waals surface area contributed by atoms with Crippen molar-refractivity contribution in [1.29, 1.82) is 0 Å². The zero-order chi connectivity index (χ0) is 13.7. The summed E-state index contributed by atoms with van der Waals surface area (Å²) < 4.78 is 6.04. The molecule has 0 bridgehead atoms. The van der Waals surface area contributed by atoms with Gasteiger partial charge in [-0.25, -0.2) is 9.97 Å². The molecule has 1 N–H and O–H groups in total. The minimum Gasteiger partial charge on any atom is -0.378 e. The topological polar surface area (TPSA) is 59.9 Å².